The molecule has 0 aromatic rings. The van der Waals surface area contributed by atoms with Crippen LogP contribution in [0, 0.1) is 17.3 Å². The number of allylic oxidation sites excluding steroid dienone is 4. The second-order valence-electron chi connectivity index (χ2n) is 8.34. The van der Waals surface area contributed by atoms with Crippen molar-refractivity contribution < 1.29 is 14.6 Å². The Kier molecular flexibility index (Phi) is 5.21. The van der Waals surface area contributed by atoms with Crippen LogP contribution in [0.25, 0.3) is 0 Å². The minimum absolute atomic E-state index is 0.109. The van der Waals surface area contributed by atoms with E-state index in [1.165, 1.54) is 24.0 Å². The maximum absolute atomic E-state index is 11.3. The fourth-order valence-corrected chi connectivity index (χ4v) is 4.86. The summed E-state index contributed by atoms with van der Waals surface area (Å²) in [5.74, 6) is 0.331. The topological polar surface area (TPSA) is 72.5 Å². The Morgan fingerprint density at radius 2 is 2.16 bits per heavy atom. The van der Waals surface area contributed by atoms with Crippen LogP contribution in [0.1, 0.15) is 52.9 Å². The summed E-state index contributed by atoms with van der Waals surface area (Å²) in [6.45, 7) is 7.05. The number of hydrogen-bond donors (Lipinski definition) is 2. The fourth-order valence-electron chi connectivity index (χ4n) is 4.86. The van der Waals surface area contributed by atoms with Gasteiger partial charge in [-0.2, -0.15) is 0 Å². The van der Waals surface area contributed by atoms with Gasteiger partial charge in [0, 0.05) is 5.92 Å². The van der Waals surface area contributed by atoms with Crippen LogP contribution in [0.15, 0.2) is 34.4 Å². The number of carbonyl (C=O) groups excluding carboxylic acids is 1. The summed E-state index contributed by atoms with van der Waals surface area (Å²) in [7, 11) is 0. The number of esters is 1. The number of nitrogens with two attached hydrogens (primary N) is 1. The van der Waals surface area contributed by atoms with Crippen molar-refractivity contribution >= 4 is 5.97 Å². The van der Waals surface area contributed by atoms with Crippen molar-refractivity contribution in [3.05, 3.63) is 34.4 Å². The van der Waals surface area contributed by atoms with E-state index < -0.39 is 12.1 Å². The summed E-state index contributed by atoms with van der Waals surface area (Å²) >= 11 is 0. The second-order valence-corrected chi connectivity index (χ2v) is 8.34. The van der Waals surface area contributed by atoms with Crippen molar-refractivity contribution in [1.29, 1.82) is 0 Å². The van der Waals surface area contributed by atoms with Gasteiger partial charge in [0.05, 0.1) is 12.6 Å². The monoisotopic (exact) mass is 345 g/mol. The van der Waals surface area contributed by atoms with Crippen molar-refractivity contribution in [3.8, 4) is 0 Å². The standard InChI is InChI=1S/C21H31NO3/c1-13(2)15-6-8-21(3)9-7-16-17(20(15)21)5-4-14(10-18(16)23)12-25-19(24)11-22/h4-5,13,16,18,23H,6-12,22H2,1-3H3. The molecule has 3 aliphatic rings. The minimum Gasteiger partial charge on any atom is -0.460 e. The Bertz CT molecular complexity index is 644. The molecule has 0 bridgehead atoms. The third-order valence-electron chi connectivity index (χ3n) is 6.28. The van der Waals surface area contributed by atoms with Crippen LogP contribution in [0.3, 0.4) is 0 Å². The minimum atomic E-state index is -0.414. The Balaban J connectivity index is 1.93. The van der Waals surface area contributed by atoms with E-state index in [0.717, 1.165) is 18.4 Å². The number of aliphatic hydroxyl groups excluding tert-OH is 1. The lowest BCUT2D eigenvalue weighted by atomic mass is 9.64. The predicted molar refractivity (Wildman–Crippen MR) is 98.7 cm³/mol. The highest BCUT2D eigenvalue weighted by molar-refractivity contribution is 5.71. The van der Waals surface area contributed by atoms with Gasteiger partial charge >= 0.3 is 5.97 Å². The van der Waals surface area contributed by atoms with E-state index in [0.29, 0.717) is 12.3 Å². The van der Waals surface area contributed by atoms with Gasteiger partial charge in [-0.3, -0.25) is 4.79 Å². The van der Waals surface area contributed by atoms with Crippen LogP contribution in [0.2, 0.25) is 0 Å². The van der Waals surface area contributed by atoms with Crippen molar-refractivity contribution in [1.82, 2.24) is 0 Å². The van der Waals surface area contributed by atoms with E-state index in [1.807, 2.05) is 0 Å². The van der Waals surface area contributed by atoms with Crippen LogP contribution in [-0.2, 0) is 9.53 Å². The summed E-state index contributed by atoms with van der Waals surface area (Å²) in [6.07, 6.45) is 8.96. The molecular weight excluding hydrogens is 314 g/mol. The highest BCUT2D eigenvalue weighted by Gasteiger charge is 2.46. The molecule has 0 amide bonds. The molecule has 3 aliphatic carbocycles. The number of rotatable bonds is 4. The Morgan fingerprint density at radius 1 is 1.40 bits per heavy atom. The molecule has 0 aromatic carbocycles. The fraction of sp³-hybridized carbons (Fsp3) is 0.667. The molecule has 3 unspecified atom stereocenters. The molecule has 3 rings (SSSR count). The van der Waals surface area contributed by atoms with Gasteiger partial charge in [0.2, 0.25) is 0 Å². The maximum Gasteiger partial charge on any atom is 0.320 e. The largest absolute Gasteiger partial charge is 0.460 e. The van der Waals surface area contributed by atoms with Crippen molar-refractivity contribution in [3.63, 3.8) is 0 Å². The summed E-state index contributed by atoms with van der Waals surface area (Å²) in [6, 6.07) is 0. The number of fused-ring (bicyclic) bond motifs is 3. The lowest BCUT2D eigenvalue weighted by Gasteiger charge is -2.41. The number of ether oxygens (including phenoxy) is 1. The lowest BCUT2D eigenvalue weighted by molar-refractivity contribution is -0.141. The highest BCUT2D eigenvalue weighted by atomic mass is 16.5. The first-order valence-corrected chi connectivity index (χ1v) is 9.53. The molecule has 1 fully saturated rings. The van der Waals surface area contributed by atoms with Gasteiger partial charge < -0.3 is 15.6 Å². The van der Waals surface area contributed by atoms with Crippen LogP contribution < -0.4 is 5.73 Å². The zero-order chi connectivity index (χ0) is 18.2. The highest BCUT2D eigenvalue weighted by Crippen LogP contribution is 2.57. The van der Waals surface area contributed by atoms with Crippen molar-refractivity contribution in [2.24, 2.45) is 23.0 Å². The molecule has 0 spiro atoms. The molecular formula is C21H31NO3. The molecule has 1 saturated carbocycles. The summed E-state index contributed by atoms with van der Waals surface area (Å²) in [5, 5.41) is 10.8. The van der Waals surface area contributed by atoms with E-state index >= 15 is 0 Å². The quantitative estimate of drug-likeness (QED) is 0.767. The summed E-state index contributed by atoms with van der Waals surface area (Å²) in [4.78, 5) is 11.3. The molecule has 3 N–H and O–H groups in total. The molecule has 0 saturated heterocycles. The summed E-state index contributed by atoms with van der Waals surface area (Å²) in [5.41, 5.74) is 10.9. The van der Waals surface area contributed by atoms with Gasteiger partial charge in [-0.05, 0) is 60.2 Å². The Hall–Kier alpha value is -1.39. The van der Waals surface area contributed by atoms with Gasteiger partial charge in [0.1, 0.15) is 6.61 Å². The van der Waals surface area contributed by atoms with E-state index in [-0.39, 0.29) is 24.5 Å². The van der Waals surface area contributed by atoms with Crippen LogP contribution >= 0.6 is 0 Å². The van der Waals surface area contributed by atoms with Gasteiger partial charge in [0.15, 0.2) is 0 Å². The lowest BCUT2D eigenvalue weighted by Crippen LogP contribution is -2.33. The molecule has 0 heterocycles. The second kappa shape index (κ2) is 7.08. The Morgan fingerprint density at radius 3 is 2.84 bits per heavy atom. The molecule has 25 heavy (non-hydrogen) atoms. The van der Waals surface area contributed by atoms with Crippen LogP contribution in [0.5, 0.6) is 0 Å². The molecule has 0 radical (unpaired) electrons. The van der Waals surface area contributed by atoms with Gasteiger partial charge in [-0.15, -0.1) is 0 Å². The van der Waals surface area contributed by atoms with Crippen molar-refractivity contribution in [2.75, 3.05) is 13.2 Å². The first-order chi connectivity index (χ1) is 11.9. The van der Waals surface area contributed by atoms with Gasteiger partial charge in [-0.25, -0.2) is 0 Å². The average molecular weight is 345 g/mol. The normalized spacial score (nSPS) is 31.9. The van der Waals surface area contributed by atoms with Crippen LogP contribution in [0.4, 0.5) is 0 Å². The first-order valence-electron chi connectivity index (χ1n) is 9.53. The molecule has 0 aliphatic heterocycles. The van der Waals surface area contributed by atoms with E-state index in [1.54, 1.807) is 5.57 Å². The molecule has 4 nitrogen and oxygen atoms in total. The number of carbonyl (C=O) groups is 1. The van der Waals surface area contributed by atoms with Gasteiger partial charge in [-0.1, -0.05) is 38.5 Å². The molecule has 0 aromatic heterocycles. The zero-order valence-electron chi connectivity index (χ0n) is 15.7. The van der Waals surface area contributed by atoms with Crippen molar-refractivity contribution in [2.45, 2.75) is 59.0 Å². The first kappa shape index (κ1) is 18.4. The molecule has 4 heteroatoms. The molecule has 138 valence electrons. The predicted octanol–water partition coefficient (Wildman–Crippen LogP) is 3.27. The SMILES string of the molecule is CC(C)C1=C2C3=CC=C(COC(=O)CN)CC(O)C3CCC2(C)CC1. The molecule has 3 atom stereocenters. The van der Waals surface area contributed by atoms with Crippen LogP contribution in [-0.4, -0.2) is 30.3 Å². The number of hydrogen-bond acceptors (Lipinski definition) is 4. The third kappa shape index (κ3) is 3.47. The average Bonchev–Trinajstić information content (AvgIpc) is 2.85. The van der Waals surface area contributed by atoms with E-state index in [2.05, 4.69) is 32.9 Å². The zero-order valence-corrected chi connectivity index (χ0v) is 15.7. The Labute approximate surface area is 150 Å². The van der Waals surface area contributed by atoms with E-state index in [4.69, 9.17) is 10.5 Å². The third-order valence-corrected chi connectivity index (χ3v) is 6.28. The van der Waals surface area contributed by atoms with Gasteiger partial charge in [0.25, 0.3) is 0 Å². The smallest absolute Gasteiger partial charge is 0.320 e. The summed E-state index contributed by atoms with van der Waals surface area (Å²) < 4.78 is 5.17. The maximum atomic E-state index is 11.3. The van der Waals surface area contributed by atoms with E-state index in [9.17, 15) is 9.90 Å². The number of aliphatic hydroxyl groups is 1.